The van der Waals surface area contributed by atoms with E-state index in [1.165, 1.54) is 0 Å². The molecule has 19 heavy (non-hydrogen) atoms. The number of carbonyl (C=O) groups excluding carboxylic acids is 1. The molecule has 4 heteroatoms. The van der Waals surface area contributed by atoms with E-state index in [4.69, 9.17) is 5.73 Å². The van der Waals surface area contributed by atoms with Crippen LogP contribution in [0.4, 0.5) is 5.69 Å². The van der Waals surface area contributed by atoms with Crippen molar-refractivity contribution in [3.8, 4) is 0 Å². The lowest BCUT2D eigenvalue weighted by Crippen LogP contribution is -2.37. The standard InChI is InChI=1S/C15H15IN2O/c16-12-6-8-13(9-7-12)18-15(19)14(17)10-11-4-2-1-3-5-11/h1-9,14H,10,17H2,(H,18,19)/t14-/m1/s1. The summed E-state index contributed by atoms with van der Waals surface area (Å²) in [7, 11) is 0. The van der Waals surface area contributed by atoms with Gasteiger partial charge in [-0.2, -0.15) is 0 Å². The van der Waals surface area contributed by atoms with E-state index in [-0.39, 0.29) is 5.91 Å². The van der Waals surface area contributed by atoms with Crippen molar-refractivity contribution in [2.75, 3.05) is 5.32 Å². The van der Waals surface area contributed by atoms with Gasteiger partial charge in [0.15, 0.2) is 0 Å². The van der Waals surface area contributed by atoms with Crippen LogP contribution in [0, 0.1) is 3.57 Å². The molecule has 0 aliphatic carbocycles. The summed E-state index contributed by atoms with van der Waals surface area (Å²) >= 11 is 2.22. The summed E-state index contributed by atoms with van der Waals surface area (Å²) in [6.45, 7) is 0. The molecule has 0 saturated carbocycles. The summed E-state index contributed by atoms with van der Waals surface area (Å²) in [6, 6.07) is 16.9. The molecule has 2 rings (SSSR count). The van der Waals surface area contributed by atoms with E-state index >= 15 is 0 Å². The van der Waals surface area contributed by atoms with E-state index < -0.39 is 6.04 Å². The van der Waals surface area contributed by atoms with Crippen LogP contribution in [-0.2, 0) is 11.2 Å². The van der Waals surface area contributed by atoms with Gasteiger partial charge in [0.25, 0.3) is 0 Å². The Balaban J connectivity index is 1.94. The summed E-state index contributed by atoms with van der Waals surface area (Å²) in [5.74, 6) is -0.162. The average molecular weight is 366 g/mol. The first-order chi connectivity index (χ1) is 9.15. The van der Waals surface area contributed by atoms with E-state index in [0.717, 1.165) is 14.8 Å². The molecule has 2 aromatic rings. The second-order valence-electron chi connectivity index (χ2n) is 4.29. The number of rotatable bonds is 4. The molecule has 0 radical (unpaired) electrons. The van der Waals surface area contributed by atoms with Crippen molar-refractivity contribution in [2.24, 2.45) is 5.73 Å². The molecule has 3 nitrogen and oxygen atoms in total. The molecule has 2 aromatic carbocycles. The molecule has 0 aliphatic heterocycles. The van der Waals surface area contributed by atoms with Crippen molar-refractivity contribution in [1.82, 2.24) is 0 Å². The molecule has 0 unspecified atom stereocenters. The maximum Gasteiger partial charge on any atom is 0.241 e. The normalized spacial score (nSPS) is 11.9. The number of carbonyl (C=O) groups is 1. The van der Waals surface area contributed by atoms with E-state index in [2.05, 4.69) is 27.9 Å². The van der Waals surface area contributed by atoms with Crippen LogP contribution in [0.15, 0.2) is 54.6 Å². The van der Waals surface area contributed by atoms with Crippen LogP contribution in [0.3, 0.4) is 0 Å². The Bertz CT molecular complexity index is 540. The summed E-state index contributed by atoms with van der Waals surface area (Å²) < 4.78 is 1.13. The van der Waals surface area contributed by atoms with Gasteiger partial charge in [0.1, 0.15) is 0 Å². The van der Waals surface area contributed by atoms with Crippen LogP contribution < -0.4 is 11.1 Å². The molecule has 1 atom stereocenters. The number of nitrogens with two attached hydrogens (primary N) is 1. The smallest absolute Gasteiger partial charge is 0.241 e. The van der Waals surface area contributed by atoms with Gasteiger partial charge in [-0.25, -0.2) is 0 Å². The maximum atomic E-state index is 12.0. The Hall–Kier alpha value is -1.40. The maximum absolute atomic E-state index is 12.0. The fraction of sp³-hybridized carbons (Fsp3) is 0.133. The number of nitrogens with one attached hydrogen (secondary N) is 1. The number of halogens is 1. The lowest BCUT2D eigenvalue weighted by atomic mass is 10.1. The van der Waals surface area contributed by atoms with Gasteiger partial charge in [0.2, 0.25) is 5.91 Å². The van der Waals surface area contributed by atoms with Crippen molar-refractivity contribution in [1.29, 1.82) is 0 Å². The van der Waals surface area contributed by atoms with Crippen molar-refractivity contribution in [3.63, 3.8) is 0 Å². The summed E-state index contributed by atoms with van der Waals surface area (Å²) in [6.07, 6.45) is 0.539. The monoisotopic (exact) mass is 366 g/mol. The first kappa shape index (κ1) is 14.0. The van der Waals surface area contributed by atoms with Crippen LogP contribution >= 0.6 is 22.6 Å². The Labute approximate surface area is 126 Å². The minimum absolute atomic E-state index is 0.162. The predicted molar refractivity (Wildman–Crippen MR) is 85.9 cm³/mol. The first-order valence-corrected chi connectivity index (χ1v) is 7.09. The van der Waals surface area contributed by atoms with Gasteiger partial charge in [0, 0.05) is 9.26 Å². The van der Waals surface area contributed by atoms with Crippen LogP contribution in [0.1, 0.15) is 5.56 Å². The zero-order valence-corrected chi connectivity index (χ0v) is 12.5. The summed E-state index contributed by atoms with van der Waals surface area (Å²) in [5, 5.41) is 2.82. The van der Waals surface area contributed by atoms with Crippen LogP contribution in [0.5, 0.6) is 0 Å². The van der Waals surface area contributed by atoms with Crippen molar-refractivity contribution < 1.29 is 4.79 Å². The highest BCUT2D eigenvalue weighted by Gasteiger charge is 2.13. The molecule has 0 aromatic heterocycles. The molecule has 0 fully saturated rings. The SMILES string of the molecule is N[C@H](Cc1ccccc1)C(=O)Nc1ccc(I)cc1. The van der Waals surface area contributed by atoms with Crippen molar-refractivity contribution >= 4 is 34.2 Å². The molecule has 0 aliphatic rings. The highest BCUT2D eigenvalue weighted by Crippen LogP contribution is 2.11. The molecular formula is C15H15IN2O. The fourth-order valence-corrected chi connectivity index (χ4v) is 2.09. The van der Waals surface area contributed by atoms with E-state index in [1.54, 1.807) is 0 Å². The predicted octanol–water partition coefficient (Wildman–Crippen LogP) is 2.80. The Morgan fingerprint density at radius 3 is 2.37 bits per heavy atom. The minimum Gasteiger partial charge on any atom is -0.325 e. The third-order valence-electron chi connectivity index (χ3n) is 2.75. The van der Waals surface area contributed by atoms with Crippen LogP contribution in [0.2, 0.25) is 0 Å². The highest BCUT2D eigenvalue weighted by atomic mass is 127. The van der Waals surface area contributed by atoms with Gasteiger partial charge >= 0.3 is 0 Å². The van der Waals surface area contributed by atoms with Gasteiger partial charge in [-0.05, 0) is 58.8 Å². The number of amides is 1. The second kappa shape index (κ2) is 6.68. The fourth-order valence-electron chi connectivity index (χ4n) is 1.73. The molecular weight excluding hydrogens is 351 g/mol. The largest absolute Gasteiger partial charge is 0.325 e. The van der Waals surface area contributed by atoms with Crippen molar-refractivity contribution in [3.05, 3.63) is 63.7 Å². The zero-order valence-electron chi connectivity index (χ0n) is 10.3. The number of anilines is 1. The second-order valence-corrected chi connectivity index (χ2v) is 5.54. The Morgan fingerprint density at radius 2 is 1.74 bits per heavy atom. The third kappa shape index (κ3) is 4.33. The minimum atomic E-state index is -0.540. The highest BCUT2D eigenvalue weighted by molar-refractivity contribution is 14.1. The van der Waals surface area contributed by atoms with Gasteiger partial charge in [-0.1, -0.05) is 30.3 Å². The van der Waals surface area contributed by atoms with Gasteiger partial charge in [-0.15, -0.1) is 0 Å². The van der Waals surface area contributed by atoms with Gasteiger partial charge in [-0.3, -0.25) is 4.79 Å². The van der Waals surface area contributed by atoms with Crippen molar-refractivity contribution in [2.45, 2.75) is 12.5 Å². The Kier molecular flexibility index (Phi) is 4.93. The van der Waals surface area contributed by atoms with Gasteiger partial charge in [0.05, 0.1) is 6.04 Å². The molecule has 98 valence electrons. The zero-order chi connectivity index (χ0) is 13.7. The average Bonchev–Trinajstić information content (AvgIpc) is 2.42. The number of hydrogen-bond acceptors (Lipinski definition) is 2. The molecule has 0 spiro atoms. The summed E-state index contributed by atoms with van der Waals surface area (Å²) in [5.41, 5.74) is 7.75. The Morgan fingerprint density at radius 1 is 1.11 bits per heavy atom. The van der Waals surface area contributed by atoms with E-state index in [1.807, 2.05) is 54.6 Å². The lowest BCUT2D eigenvalue weighted by molar-refractivity contribution is -0.117. The quantitative estimate of drug-likeness (QED) is 0.818. The van der Waals surface area contributed by atoms with Gasteiger partial charge < -0.3 is 11.1 Å². The molecule has 0 heterocycles. The molecule has 0 saturated heterocycles. The first-order valence-electron chi connectivity index (χ1n) is 6.01. The third-order valence-corrected chi connectivity index (χ3v) is 3.47. The number of benzene rings is 2. The molecule has 0 bridgehead atoms. The topological polar surface area (TPSA) is 55.1 Å². The lowest BCUT2D eigenvalue weighted by Gasteiger charge is -2.12. The van der Waals surface area contributed by atoms with E-state index in [0.29, 0.717) is 6.42 Å². The summed E-state index contributed by atoms with van der Waals surface area (Å²) in [4.78, 5) is 12.0. The van der Waals surface area contributed by atoms with E-state index in [9.17, 15) is 4.79 Å². The van der Waals surface area contributed by atoms with Crippen LogP contribution in [0.25, 0.3) is 0 Å². The molecule has 1 amide bonds. The molecule has 3 N–H and O–H groups in total. The number of hydrogen-bond donors (Lipinski definition) is 2. The van der Waals surface area contributed by atoms with Crippen LogP contribution in [-0.4, -0.2) is 11.9 Å².